The molecule has 3 heterocycles. The topological polar surface area (TPSA) is 94.0 Å². The normalized spacial score (nSPS) is 16.2. The molecule has 0 spiro atoms. The van der Waals surface area contributed by atoms with Gasteiger partial charge in [0.05, 0.1) is 23.2 Å². The number of rotatable bonds is 7. The number of nitrogens with zero attached hydrogens (tertiary/aromatic N) is 4. The molecule has 0 atom stereocenters. The van der Waals surface area contributed by atoms with Crippen LogP contribution in [0.2, 0.25) is 5.02 Å². The number of aliphatic carboxylic acids is 1. The number of imide groups is 1. The monoisotopic (exact) mass is 512 g/mol. The van der Waals surface area contributed by atoms with Gasteiger partial charge in [0.2, 0.25) is 11.8 Å². The van der Waals surface area contributed by atoms with E-state index >= 15 is 0 Å². The van der Waals surface area contributed by atoms with Crippen LogP contribution in [0.15, 0.2) is 36.4 Å². The molecule has 182 valence electrons. The lowest BCUT2D eigenvalue weighted by atomic mass is 10.0. The molecule has 0 bridgehead atoms. The molecule has 0 saturated carbocycles. The molecule has 2 amide bonds. The zero-order valence-electron chi connectivity index (χ0n) is 19.1. The smallest absolute Gasteiger partial charge is 0.303 e. The van der Waals surface area contributed by atoms with Crippen molar-refractivity contribution in [3.05, 3.63) is 52.5 Å². The Bertz CT molecular complexity index is 1300. The second kappa shape index (κ2) is 9.93. The molecule has 5 rings (SSSR count). The summed E-state index contributed by atoms with van der Waals surface area (Å²) in [6, 6.07) is 11.9. The van der Waals surface area contributed by atoms with Crippen LogP contribution >= 0.6 is 23.1 Å². The molecule has 8 nitrogen and oxygen atoms in total. The molecule has 1 saturated heterocycles. The Morgan fingerprint density at radius 3 is 2.63 bits per heavy atom. The maximum absolute atomic E-state index is 12.5. The van der Waals surface area contributed by atoms with Gasteiger partial charge in [-0.3, -0.25) is 19.3 Å². The zero-order valence-corrected chi connectivity index (χ0v) is 20.6. The standard InChI is InChI=1S/C25H25ClN4O4S/c26-19-15-20-17(14-23(32)30(20)22(31)5-6-24(33)34)13-16(19)7-8-28-9-11-29(12-10-28)25-18-3-1-2-4-21(18)35-27-25/h1-4,13,15H,5-12,14H2,(H,33,34). The van der Waals surface area contributed by atoms with Crippen molar-refractivity contribution in [2.24, 2.45) is 0 Å². The van der Waals surface area contributed by atoms with Crippen LogP contribution in [-0.2, 0) is 27.2 Å². The third kappa shape index (κ3) is 4.89. The summed E-state index contributed by atoms with van der Waals surface area (Å²) >= 11 is 8.08. The molecule has 10 heteroatoms. The average molecular weight is 513 g/mol. The number of fused-ring (bicyclic) bond motifs is 2. The summed E-state index contributed by atoms with van der Waals surface area (Å²) in [7, 11) is 0. The fourth-order valence-electron chi connectivity index (χ4n) is 4.74. The lowest BCUT2D eigenvalue weighted by Crippen LogP contribution is -2.47. The zero-order chi connectivity index (χ0) is 24.5. The average Bonchev–Trinajstić information content (AvgIpc) is 3.41. The second-order valence-electron chi connectivity index (χ2n) is 8.85. The summed E-state index contributed by atoms with van der Waals surface area (Å²) in [5.74, 6) is -0.849. The highest BCUT2D eigenvalue weighted by Gasteiger charge is 2.33. The number of carboxylic acids is 1. The van der Waals surface area contributed by atoms with Gasteiger partial charge in [0.15, 0.2) is 0 Å². The van der Waals surface area contributed by atoms with Crippen molar-refractivity contribution >= 4 is 62.5 Å². The van der Waals surface area contributed by atoms with E-state index in [9.17, 15) is 14.4 Å². The highest BCUT2D eigenvalue weighted by molar-refractivity contribution is 7.13. The van der Waals surface area contributed by atoms with Crippen LogP contribution in [-0.4, -0.2) is 64.9 Å². The number of amides is 2. The summed E-state index contributed by atoms with van der Waals surface area (Å²) in [5.41, 5.74) is 2.19. The van der Waals surface area contributed by atoms with Crippen LogP contribution in [0.1, 0.15) is 24.0 Å². The molecule has 0 aliphatic carbocycles. The van der Waals surface area contributed by atoms with Gasteiger partial charge in [-0.1, -0.05) is 29.8 Å². The third-order valence-corrected chi connectivity index (χ3v) is 7.78. The fourth-order valence-corrected chi connectivity index (χ4v) is 5.79. The maximum Gasteiger partial charge on any atom is 0.303 e. The first kappa shape index (κ1) is 23.7. The molecule has 0 unspecified atom stereocenters. The van der Waals surface area contributed by atoms with Gasteiger partial charge in [0, 0.05) is 49.6 Å². The number of carbonyl (C=O) groups is 3. The highest BCUT2D eigenvalue weighted by atomic mass is 35.5. The molecule has 3 aromatic rings. The van der Waals surface area contributed by atoms with E-state index in [1.54, 1.807) is 6.07 Å². The molecular weight excluding hydrogens is 488 g/mol. The number of benzene rings is 2. The number of halogens is 1. The number of carboxylic acid groups (broad SMARTS) is 1. The Hall–Kier alpha value is -3.01. The minimum Gasteiger partial charge on any atom is -0.481 e. The van der Waals surface area contributed by atoms with Gasteiger partial charge in [-0.15, -0.1) is 0 Å². The van der Waals surface area contributed by atoms with Gasteiger partial charge in [-0.05, 0) is 47.3 Å². The predicted molar refractivity (Wildman–Crippen MR) is 136 cm³/mol. The number of carbonyl (C=O) groups excluding carboxylic acids is 2. The van der Waals surface area contributed by atoms with E-state index in [2.05, 4.69) is 32.4 Å². The SMILES string of the molecule is O=C(O)CCC(=O)N1C(=O)Cc2cc(CCN3CCN(c4nsc5ccccc45)CC3)c(Cl)cc21. The Kier molecular flexibility index (Phi) is 6.73. The molecule has 0 radical (unpaired) electrons. The van der Waals surface area contributed by atoms with Crippen molar-refractivity contribution < 1.29 is 19.5 Å². The Labute approximate surface area is 211 Å². The maximum atomic E-state index is 12.5. The first-order chi connectivity index (χ1) is 16.9. The molecule has 2 aliphatic heterocycles. The van der Waals surface area contributed by atoms with Crippen LogP contribution in [0, 0.1) is 0 Å². The van der Waals surface area contributed by atoms with Crippen molar-refractivity contribution in [2.75, 3.05) is 42.5 Å². The van der Waals surface area contributed by atoms with E-state index in [0.29, 0.717) is 10.7 Å². The Morgan fingerprint density at radius 1 is 1.09 bits per heavy atom. The van der Waals surface area contributed by atoms with E-state index in [1.807, 2.05) is 12.1 Å². The number of aromatic nitrogens is 1. The van der Waals surface area contributed by atoms with Crippen LogP contribution in [0.5, 0.6) is 0 Å². The van der Waals surface area contributed by atoms with E-state index in [-0.39, 0.29) is 25.2 Å². The number of piperazine rings is 1. The molecule has 35 heavy (non-hydrogen) atoms. The molecule has 1 fully saturated rings. The molecule has 2 aromatic carbocycles. The lowest BCUT2D eigenvalue weighted by Gasteiger charge is -2.35. The Morgan fingerprint density at radius 2 is 1.86 bits per heavy atom. The highest BCUT2D eigenvalue weighted by Crippen LogP contribution is 2.35. The van der Waals surface area contributed by atoms with Gasteiger partial charge in [0.25, 0.3) is 0 Å². The summed E-state index contributed by atoms with van der Waals surface area (Å²) in [5, 5.41) is 10.6. The van der Waals surface area contributed by atoms with E-state index < -0.39 is 11.9 Å². The van der Waals surface area contributed by atoms with Crippen molar-refractivity contribution in [1.29, 1.82) is 0 Å². The lowest BCUT2D eigenvalue weighted by molar-refractivity contribution is -0.139. The summed E-state index contributed by atoms with van der Waals surface area (Å²) in [4.78, 5) is 41.5. The van der Waals surface area contributed by atoms with E-state index in [4.69, 9.17) is 16.7 Å². The van der Waals surface area contributed by atoms with Crippen molar-refractivity contribution in [3.63, 3.8) is 0 Å². The Balaban J connectivity index is 1.20. The summed E-state index contributed by atoms with van der Waals surface area (Å²) in [6.45, 7) is 4.53. The van der Waals surface area contributed by atoms with Crippen LogP contribution < -0.4 is 9.80 Å². The number of hydrogen-bond donors (Lipinski definition) is 1. The first-order valence-corrected chi connectivity index (χ1v) is 12.8. The van der Waals surface area contributed by atoms with E-state index in [1.165, 1.54) is 21.6 Å². The van der Waals surface area contributed by atoms with Gasteiger partial charge < -0.3 is 10.0 Å². The minimum atomic E-state index is -1.07. The van der Waals surface area contributed by atoms with Crippen LogP contribution in [0.25, 0.3) is 10.1 Å². The van der Waals surface area contributed by atoms with Gasteiger partial charge in [-0.25, -0.2) is 4.90 Å². The summed E-state index contributed by atoms with van der Waals surface area (Å²) in [6.07, 6.45) is 0.337. The number of hydrogen-bond acceptors (Lipinski definition) is 7. The minimum absolute atomic E-state index is 0.124. The van der Waals surface area contributed by atoms with Crippen LogP contribution in [0.4, 0.5) is 11.5 Å². The van der Waals surface area contributed by atoms with E-state index in [0.717, 1.165) is 61.0 Å². The number of anilines is 2. The molecule has 2 aliphatic rings. The quantitative estimate of drug-likeness (QED) is 0.517. The summed E-state index contributed by atoms with van der Waals surface area (Å²) < 4.78 is 5.88. The van der Waals surface area contributed by atoms with Crippen molar-refractivity contribution in [3.8, 4) is 0 Å². The van der Waals surface area contributed by atoms with Crippen molar-refractivity contribution in [2.45, 2.75) is 25.7 Å². The molecule has 1 aromatic heterocycles. The molecule has 1 N–H and O–H groups in total. The van der Waals surface area contributed by atoms with Gasteiger partial charge in [-0.2, -0.15) is 4.37 Å². The fraction of sp³-hybridized carbons (Fsp3) is 0.360. The van der Waals surface area contributed by atoms with Gasteiger partial charge >= 0.3 is 5.97 Å². The van der Waals surface area contributed by atoms with Crippen molar-refractivity contribution in [1.82, 2.24) is 9.27 Å². The predicted octanol–water partition coefficient (Wildman–Crippen LogP) is 3.59. The van der Waals surface area contributed by atoms with Gasteiger partial charge in [0.1, 0.15) is 5.82 Å². The largest absolute Gasteiger partial charge is 0.481 e. The second-order valence-corrected chi connectivity index (χ2v) is 10.1. The third-order valence-electron chi connectivity index (χ3n) is 6.61. The molecular formula is C25H25ClN4O4S. The first-order valence-electron chi connectivity index (χ1n) is 11.6. The van der Waals surface area contributed by atoms with Crippen LogP contribution in [0.3, 0.4) is 0 Å².